The Balaban J connectivity index is 2.57. The highest BCUT2D eigenvalue weighted by molar-refractivity contribution is 6.34. The molecule has 0 spiro atoms. The van der Waals surface area contributed by atoms with E-state index in [9.17, 15) is 23.2 Å². The van der Waals surface area contributed by atoms with Crippen molar-refractivity contribution in [3.8, 4) is 0 Å². The first kappa shape index (κ1) is 27.8. The van der Waals surface area contributed by atoms with Gasteiger partial charge in [0.25, 0.3) is 5.91 Å². The van der Waals surface area contributed by atoms with Crippen LogP contribution in [0.3, 0.4) is 0 Å². The van der Waals surface area contributed by atoms with Crippen LogP contribution in [0.2, 0.25) is 5.02 Å². The number of halogens is 4. The van der Waals surface area contributed by atoms with E-state index in [1.807, 2.05) is 0 Å². The van der Waals surface area contributed by atoms with Gasteiger partial charge in [0.2, 0.25) is 0 Å². The molecule has 0 aromatic heterocycles. The summed E-state index contributed by atoms with van der Waals surface area (Å²) in [6, 6.07) is 3.48. The van der Waals surface area contributed by atoms with E-state index in [-0.39, 0.29) is 10.6 Å². The second kappa shape index (κ2) is 10.0. The van der Waals surface area contributed by atoms with Gasteiger partial charge >= 0.3 is 12.2 Å². The van der Waals surface area contributed by atoms with Gasteiger partial charge in [0.15, 0.2) is 11.6 Å². The van der Waals surface area contributed by atoms with Crippen LogP contribution in [0, 0.1) is 17.5 Å². The van der Waals surface area contributed by atoms with Crippen LogP contribution in [-0.2, 0) is 9.47 Å². The molecule has 2 aromatic carbocycles. The highest BCUT2D eigenvalue weighted by Crippen LogP contribution is 2.33. The number of nitrogens with zero attached hydrogens (tertiary/aromatic N) is 1. The molecule has 0 aliphatic carbocycles. The number of rotatable bonds is 3. The molecule has 2 aromatic rings. The van der Waals surface area contributed by atoms with Gasteiger partial charge in [0.1, 0.15) is 22.7 Å². The molecule has 35 heavy (non-hydrogen) atoms. The average molecular weight is 516 g/mol. The van der Waals surface area contributed by atoms with Gasteiger partial charge in [0.05, 0.1) is 16.3 Å². The van der Waals surface area contributed by atoms with Crippen LogP contribution in [0.5, 0.6) is 0 Å². The number of amides is 3. The third-order valence-corrected chi connectivity index (χ3v) is 4.37. The molecule has 0 saturated carbocycles. The fourth-order valence-electron chi connectivity index (χ4n) is 2.68. The van der Waals surface area contributed by atoms with Crippen molar-refractivity contribution in [3.05, 3.63) is 52.3 Å². The lowest BCUT2D eigenvalue weighted by Crippen LogP contribution is -2.44. The SMILES string of the molecule is CC(C)(C)OC(=O)N(C(=O)OC(C)(C)C)c1c(F)ccc(NC(=O)c2cc(N)cc(F)c2Cl)c1F. The van der Waals surface area contributed by atoms with Crippen LogP contribution < -0.4 is 16.0 Å². The van der Waals surface area contributed by atoms with Gasteiger partial charge in [-0.1, -0.05) is 11.6 Å². The molecule has 0 aliphatic rings. The minimum Gasteiger partial charge on any atom is -0.443 e. The van der Waals surface area contributed by atoms with E-state index in [0.717, 1.165) is 18.2 Å². The fraction of sp³-hybridized carbons (Fsp3) is 0.348. The minimum absolute atomic E-state index is 0.0456. The van der Waals surface area contributed by atoms with E-state index in [1.165, 1.54) is 41.5 Å². The van der Waals surface area contributed by atoms with Gasteiger partial charge in [-0.3, -0.25) is 4.79 Å². The zero-order chi connectivity index (χ0) is 26.9. The van der Waals surface area contributed by atoms with Gasteiger partial charge in [0, 0.05) is 5.69 Å². The number of imide groups is 1. The lowest BCUT2D eigenvalue weighted by atomic mass is 10.1. The number of hydrogen-bond acceptors (Lipinski definition) is 6. The summed E-state index contributed by atoms with van der Waals surface area (Å²) in [5, 5.41) is 1.52. The van der Waals surface area contributed by atoms with E-state index < -0.39 is 68.7 Å². The summed E-state index contributed by atoms with van der Waals surface area (Å²) in [4.78, 5) is 38.2. The Morgan fingerprint density at radius 3 is 1.91 bits per heavy atom. The normalized spacial score (nSPS) is 11.6. The molecule has 0 aliphatic heterocycles. The molecule has 3 N–H and O–H groups in total. The molecule has 3 amide bonds. The van der Waals surface area contributed by atoms with Crippen molar-refractivity contribution in [3.63, 3.8) is 0 Å². The Morgan fingerprint density at radius 2 is 1.43 bits per heavy atom. The Bertz CT molecular complexity index is 1150. The highest BCUT2D eigenvalue weighted by atomic mass is 35.5. The summed E-state index contributed by atoms with van der Waals surface area (Å²) in [7, 11) is 0. The molecule has 190 valence electrons. The van der Waals surface area contributed by atoms with Crippen molar-refractivity contribution >= 4 is 46.8 Å². The number of carbonyl (C=O) groups is 3. The predicted molar refractivity (Wildman–Crippen MR) is 125 cm³/mol. The Labute approximate surface area is 205 Å². The van der Waals surface area contributed by atoms with Crippen molar-refractivity contribution in [1.29, 1.82) is 0 Å². The molecule has 0 saturated heterocycles. The highest BCUT2D eigenvalue weighted by Gasteiger charge is 2.37. The first-order chi connectivity index (χ1) is 15.9. The van der Waals surface area contributed by atoms with E-state index in [0.29, 0.717) is 6.07 Å². The van der Waals surface area contributed by atoms with E-state index >= 15 is 4.39 Å². The van der Waals surface area contributed by atoms with Gasteiger partial charge in [-0.2, -0.15) is 4.90 Å². The number of nitrogens with two attached hydrogens (primary N) is 1. The molecular formula is C23H25ClF3N3O5. The summed E-state index contributed by atoms with van der Waals surface area (Å²) in [5.41, 5.74) is 0.900. The van der Waals surface area contributed by atoms with Crippen molar-refractivity contribution < 1.29 is 37.0 Å². The Kier molecular flexibility index (Phi) is 7.96. The maximum Gasteiger partial charge on any atom is 0.424 e. The number of benzene rings is 2. The predicted octanol–water partition coefficient (Wildman–Crippen LogP) is 6.27. The topological polar surface area (TPSA) is 111 Å². The average Bonchev–Trinajstić information content (AvgIpc) is 2.66. The van der Waals surface area contributed by atoms with Crippen LogP contribution in [0.1, 0.15) is 51.9 Å². The number of hydrogen-bond donors (Lipinski definition) is 2. The zero-order valence-electron chi connectivity index (χ0n) is 19.9. The summed E-state index contributed by atoms with van der Waals surface area (Å²) < 4.78 is 54.4. The van der Waals surface area contributed by atoms with Crippen molar-refractivity contribution in [1.82, 2.24) is 0 Å². The molecular weight excluding hydrogens is 491 g/mol. The summed E-state index contributed by atoms with van der Waals surface area (Å²) in [5.74, 6) is -4.90. The summed E-state index contributed by atoms with van der Waals surface area (Å²) in [6.45, 7) is 8.89. The summed E-state index contributed by atoms with van der Waals surface area (Å²) in [6.07, 6.45) is -2.84. The molecule has 0 heterocycles. The molecule has 0 radical (unpaired) electrons. The smallest absolute Gasteiger partial charge is 0.424 e. The third kappa shape index (κ3) is 7.01. The molecule has 0 atom stereocenters. The molecule has 0 unspecified atom stereocenters. The third-order valence-electron chi connectivity index (χ3n) is 3.99. The second-order valence-corrected chi connectivity index (χ2v) is 9.75. The fourth-order valence-corrected chi connectivity index (χ4v) is 2.87. The van der Waals surface area contributed by atoms with Crippen LogP contribution in [-0.4, -0.2) is 29.3 Å². The van der Waals surface area contributed by atoms with Crippen LogP contribution in [0.25, 0.3) is 0 Å². The van der Waals surface area contributed by atoms with Crippen molar-refractivity contribution in [2.45, 2.75) is 52.7 Å². The second-order valence-electron chi connectivity index (χ2n) is 9.37. The summed E-state index contributed by atoms with van der Waals surface area (Å²) >= 11 is 5.80. The number of carbonyl (C=O) groups excluding carboxylic acids is 3. The molecule has 8 nitrogen and oxygen atoms in total. The van der Waals surface area contributed by atoms with E-state index in [4.69, 9.17) is 26.8 Å². The van der Waals surface area contributed by atoms with Gasteiger partial charge in [-0.25, -0.2) is 22.8 Å². The van der Waals surface area contributed by atoms with Gasteiger partial charge < -0.3 is 20.5 Å². The maximum absolute atomic E-state index is 15.5. The monoisotopic (exact) mass is 515 g/mol. The van der Waals surface area contributed by atoms with Crippen molar-refractivity contribution in [2.24, 2.45) is 0 Å². The number of nitrogens with one attached hydrogen (secondary N) is 1. The standard InChI is InChI=1S/C23H25ClF3N3O5/c1-22(2,3)34-20(32)30(21(33)35-23(4,5)6)18-13(25)7-8-15(17(18)27)29-19(31)12-9-11(28)10-14(26)16(12)24/h7-10H,28H2,1-6H3,(H,29,31). The van der Waals surface area contributed by atoms with Gasteiger partial charge in [-0.15, -0.1) is 0 Å². The first-order valence-corrected chi connectivity index (χ1v) is 10.6. The number of ether oxygens (including phenoxy) is 2. The number of nitrogen functional groups attached to an aromatic ring is 1. The molecule has 12 heteroatoms. The lowest BCUT2D eigenvalue weighted by Gasteiger charge is -2.29. The largest absolute Gasteiger partial charge is 0.443 e. The van der Waals surface area contributed by atoms with E-state index in [2.05, 4.69) is 5.32 Å². The minimum atomic E-state index is -1.50. The molecule has 0 fully saturated rings. The maximum atomic E-state index is 15.5. The quantitative estimate of drug-likeness (QED) is 0.466. The van der Waals surface area contributed by atoms with Crippen LogP contribution in [0.15, 0.2) is 24.3 Å². The number of anilines is 3. The van der Waals surface area contributed by atoms with Crippen molar-refractivity contribution in [2.75, 3.05) is 16.0 Å². The first-order valence-electron chi connectivity index (χ1n) is 10.2. The lowest BCUT2D eigenvalue weighted by molar-refractivity contribution is 0.0427. The van der Waals surface area contributed by atoms with Crippen LogP contribution in [0.4, 0.5) is 39.8 Å². The molecule has 2 rings (SSSR count). The van der Waals surface area contributed by atoms with Gasteiger partial charge in [-0.05, 0) is 65.8 Å². The van der Waals surface area contributed by atoms with Crippen LogP contribution >= 0.6 is 11.6 Å². The van der Waals surface area contributed by atoms with E-state index in [1.54, 1.807) is 0 Å². The molecule has 0 bridgehead atoms. The Hall–Kier alpha value is -3.47. The zero-order valence-corrected chi connectivity index (χ0v) is 20.6. The Morgan fingerprint density at radius 1 is 0.914 bits per heavy atom.